The van der Waals surface area contributed by atoms with Gasteiger partial charge in [-0.3, -0.25) is 0 Å². The highest BCUT2D eigenvalue weighted by Crippen LogP contribution is 2.20. The van der Waals surface area contributed by atoms with E-state index >= 15 is 0 Å². The molecule has 11 heavy (non-hydrogen) atoms. The molecule has 1 aliphatic heterocycles. The lowest BCUT2D eigenvalue weighted by Gasteiger charge is -2.20. The Hall–Kier alpha value is -0.830. The summed E-state index contributed by atoms with van der Waals surface area (Å²) >= 11 is 0. The molecule has 0 bridgehead atoms. The molecule has 1 saturated heterocycles. The lowest BCUT2D eigenvalue weighted by Crippen LogP contribution is -2.26. The summed E-state index contributed by atoms with van der Waals surface area (Å²) < 4.78 is 4.78. The zero-order valence-electron chi connectivity index (χ0n) is 6.42. The molecule has 1 aliphatic rings. The molecular weight excluding hydrogens is 140 g/mol. The summed E-state index contributed by atoms with van der Waals surface area (Å²) in [7, 11) is 0. The van der Waals surface area contributed by atoms with Gasteiger partial charge in [-0.25, -0.2) is 0 Å². The lowest BCUT2D eigenvalue weighted by atomic mass is 10.0. The van der Waals surface area contributed by atoms with Crippen LogP contribution in [-0.2, 0) is 0 Å². The minimum absolute atomic E-state index is 0.433. The van der Waals surface area contributed by atoms with E-state index in [1.54, 1.807) is 6.26 Å². The van der Waals surface area contributed by atoms with E-state index in [1.807, 2.05) is 6.07 Å². The van der Waals surface area contributed by atoms with Crippen molar-refractivity contribution in [2.45, 2.75) is 25.3 Å². The van der Waals surface area contributed by atoms with Crippen LogP contribution < -0.4 is 5.32 Å². The number of nitrogens with one attached hydrogen (secondary N) is 1. The lowest BCUT2D eigenvalue weighted by molar-refractivity contribution is 0.364. The standard InChI is InChI=1S/C8H12N2O/c1-2-5-9-7(3-1)8-4-6-11-10-8/h4,6-7,9H,1-3,5H2/t7-/m0/s1. The molecule has 3 nitrogen and oxygen atoms in total. The van der Waals surface area contributed by atoms with Crippen molar-refractivity contribution in [3.05, 3.63) is 18.0 Å². The van der Waals surface area contributed by atoms with E-state index in [4.69, 9.17) is 4.52 Å². The molecule has 1 aromatic heterocycles. The molecule has 1 N–H and O–H groups in total. The van der Waals surface area contributed by atoms with Gasteiger partial charge in [-0.2, -0.15) is 0 Å². The van der Waals surface area contributed by atoms with Gasteiger partial charge in [0.25, 0.3) is 0 Å². The number of nitrogens with zero attached hydrogens (tertiary/aromatic N) is 1. The van der Waals surface area contributed by atoms with Crippen LogP contribution in [0, 0.1) is 0 Å². The summed E-state index contributed by atoms with van der Waals surface area (Å²) in [6, 6.07) is 2.37. The monoisotopic (exact) mass is 152 g/mol. The quantitative estimate of drug-likeness (QED) is 0.662. The van der Waals surface area contributed by atoms with Gasteiger partial charge in [0.2, 0.25) is 0 Å². The van der Waals surface area contributed by atoms with E-state index in [0.717, 1.165) is 12.2 Å². The molecular formula is C8H12N2O. The zero-order valence-corrected chi connectivity index (χ0v) is 6.42. The van der Waals surface area contributed by atoms with Crippen molar-refractivity contribution in [2.24, 2.45) is 0 Å². The molecule has 0 unspecified atom stereocenters. The second-order valence-electron chi connectivity index (χ2n) is 2.93. The summed E-state index contributed by atoms with van der Waals surface area (Å²) in [6.45, 7) is 1.11. The first-order valence-electron chi connectivity index (χ1n) is 4.10. The molecule has 1 aromatic rings. The third-order valence-electron chi connectivity index (χ3n) is 2.13. The Bertz CT molecular complexity index is 202. The van der Waals surface area contributed by atoms with Crippen LogP contribution in [0.1, 0.15) is 31.0 Å². The average molecular weight is 152 g/mol. The first-order valence-corrected chi connectivity index (χ1v) is 4.10. The molecule has 1 fully saturated rings. The van der Waals surface area contributed by atoms with Crippen LogP contribution in [0.2, 0.25) is 0 Å². The van der Waals surface area contributed by atoms with Crippen LogP contribution in [0.4, 0.5) is 0 Å². The molecule has 1 atom stereocenters. The Morgan fingerprint density at radius 1 is 1.55 bits per heavy atom. The Kier molecular flexibility index (Phi) is 1.90. The van der Waals surface area contributed by atoms with Gasteiger partial charge >= 0.3 is 0 Å². The minimum Gasteiger partial charge on any atom is -0.364 e. The normalized spacial score (nSPS) is 25.3. The Balaban J connectivity index is 2.04. The van der Waals surface area contributed by atoms with Crippen molar-refractivity contribution < 1.29 is 4.52 Å². The first-order chi connectivity index (χ1) is 5.47. The van der Waals surface area contributed by atoms with Crippen molar-refractivity contribution in [3.8, 4) is 0 Å². The fourth-order valence-corrected chi connectivity index (χ4v) is 1.51. The van der Waals surface area contributed by atoms with E-state index in [1.165, 1.54) is 19.3 Å². The predicted molar refractivity (Wildman–Crippen MR) is 41.1 cm³/mol. The summed E-state index contributed by atoms with van der Waals surface area (Å²) in [6.07, 6.45) is 5.40. The van der Waals surface area contributed by atoms with Crippen LogP contribution in [0.5, 0.6) is 0 Å². The Morgan fingerprint density at radius 2 is 2.55 bits per heavy atom. The van der Waals surface area contributed by atoms with Crippen LogP contribution in [0.25, 0.3) is 0 Å². The molecule has 3 heteroatoms. The van der Waals surface area contributed by atoms with Gasteiger partial charge in [-0.1, -0.05) is 11.6 Å². The number of hydrogen-bond donors (Lipinski definition) is 1. The van der Waals surface area contributed by atoms with Gasteiger partial charge < -0.3 is 9.84 Å². The highest BCUT2D eigenvalue weighted by molar-refractivity contribution is 5.03. The minimum atomic E-state index is 0.433. The molecule has 60 valence electrons. The van der Waals surface area contributed by atoms with Crippen molar-refractivity contribution in [1.29, 1.82) is 0 Å². The van der Waals surface area contributed by atoms with Crippen LogP contribution >= 0.6 is 0 Å². The Labute approximate surface area is 65.8 Å². The summed E-state index contributed by atoms with van der Waals surface area (Å²) in [4.78, 5) is 0. The fourth-order valence-electron chi connectivity index (χ4n) is 1.51. The topological polar surface area (TPSA) is 38.1 Å². The smallest absolute Gasteiger partial charge is 0.124 e. The maximum absolute atomic E-state index is 4.78. The molecule has 2 heterocycles. The van der Waals surface area contributed by atoms with Crippen molar-refractivity contribution in [3.63, 3.8) is 0 Å². The maximum atomic E-state index is 4.78. The van der Waals surface area contributed by atoms with Crippen LogP contribution in [-0.4, -0.2) is 11.7 Å². The Morgan fingerprint density at radius 3 is 3.18 bits per heavy atom. The SMILES string of the molecule is c1cc([C@@H]2CCCCN2)no1. The number of aromatic nitrogens is 1. The summed E-state index contributed by atoms with van der Waals surface area (Å²) in [5.74, 6) is 0. The van der Waals surface area contributed by atoms with E-state index in [0.29, 0.717) is 6.04 Å². The summed E-state index contributed by atoms with van der Waals surface area (Å²) in [5, 5.41) is 7.30. The molecule has 0 spiro atoms. The average Bonchev–Trinajstić information content (AvgIpc) is 2.58. The maximum Gasteiger partial charge on any atom is 0.124 e. The molecule has 0 saturated carbocycles. The van der Waals surface area contributed by atoms with Crippen molar-refractivity contribution in [2.75, 3.05) is 6.54 Å². The second-order valence-corrected chi connectivity index (χ2v) is 2.93. The third kappa shape index (κ3) is 1.43. The highest BCUT2D eigenvalue weighted by Gasteiger charge is 2.16. The van der Waals surface area contributed by atoms with E-state index in [9.17, 15) is 0 Å². The number of rotatable bonds is 1. The molecule has 0 radical (unpaired) electrons. The molecule has 0 aromatic carbocycles. The number of piperidine rings is 1. The van der Waals surface area contributed by atoms with E-state index < -0.39 is 0 Å². The van der Waals surface area contributed by atoms with Crippen molar-refractivity contribution in [1.82, 2.24) is 10.5 Å². The first kappa shape index (κ1) is 6.85. The molecule has 0 amide bonds. The molecule has 2 rings (SSSR count). The van der Waals surface area contributed by atoms with Gasteiger partial charge in [-0.05, 0) is 19.4 Å². The van der Waals surface area contributed by atoms with Gasteiger partial charge in [0.15, 0.2) is 0 Å². The zero-order chi connectivity index (χ0) is 7.52. The third-order valence-corrected chi connectivity index (χ3v) is 2.13. The van der Waals surface area contributed by atoms with Gasteiger partial charge in [0, 0.05) is 6.07 Å². The second kappa shape index (κ2) is 3.05. The van der Waals surface area contributed by atoms with Gasteiger partial charge in [-0.15, -0.1) is 0 Å². The van der Waals surface area contributed by atoms with Crippen molar-refractivity contribution >= 4 is 0 Å². The predicted octanol–water partition coefficient (Wildman–Crippen LogP) is 1.49. The highest BCUT2D eigenvalue weighted by atomic mass is 16.5. The summed E-state index contributed by atoms with van der Waals surface area (Å²) in [5.41, 5.74) is 1.05. The van der Waals surface area contributed by atoms with E-state index in [2.05, 4.69) is 10.5 Å². The van der Waals surface area contributed by atoms with Gasteiger partial charge in [0.05, 0.1) is 6.04 Å². The molecule has 0 aliphatic carbocycles. The number of hydrogen-bond acceptors (Lipinski definition) is 3. The van der Waals surface area contributed by atoms with Gasteiger partial charge in [0.1, 0.15) is 12.0 Å². The van der Waals surface area contributed by atoms with Crippen LogP contribution in [0.3, 0.4) is 0 Å². The largest absolute Gasteiger partial charge is 0.364 e. The van der Waals surface area contributed by atoms with E-state index in [-0.39, 0.29) is 0 Å². The fraction of sp³-hybridized carbons (Fsp3) is 0.625. The van der Waals surface area contributed by atoms with Crippen LogP contribution in [0.15, 0.2) is 16.9 Å².